The van der Waals surface area contributed by atoms with Gasteiger partial charge in [0.05, 0.1) is 5.92 Å². The Morgan fingerprint density at radius 1 is 1.73 bits per heavy atom. The molecule has 58 valence electrons. The van der Waals surface area contributed by atoms with E-state index < -0.39 is 11.9 Å². The van der Waals surface area contributed by atoms with Gasteiger partial charge < -0.3 is 5.11 Å². The molecule has 3 heteroatoms. The van der Waals surface area contributed by atoms with E-state index in [1.165, 1.54) is 6.08 Å². The Balaban J connectivity index is 2.31. The second-order valence-electron chi connectivity index (χ2n) is 3.40. The predicted molar refractivity (Wildman–Crippen MR) is 36.9 cm³/mol. The van der Waals surface area contributed by atoms with Crippen LogP contribution in [0.5, 0.6) is 0 Å². The number of carbonyl (C=O) groups is 2. The molecular formula is C8H8O3. The zero-order chi connectivity index (χ0) is 8.22. The van der Waals surface area contributed by atoms with Gasteiger partial charge in [-0.25, -0.2) is 0 Å². The van der Waals surface area contributed by atoms with Crippen molar-refractivity contribution >= 4 is 11.8 Å². The lowest BCUT2D eigenvalue weighted by Crippen LogP contribution is -2.07. The van der Waals surface area contributed by atoms with E-state index in [9.17, 15) is 9.59 Å². The molecule has 0 aromatic carbocycles. The Morgan fingerprint density at radius 2 is 2.36 bits per heavy atom. The number of hydrogen-bond donors (Lipinski definition) is 1. The quantitative estimate of drug-likeness (QED) is 0.594. The molecule has 3 nitrogen and oxygen atoms in total. The molecule has 2 aliphatic carbocycles. The van der Waals surface area contributed by atoms with Gasteiger partial charge in [-0.15, -0.1) is 0 Å². The van der Waals surface area contributed by atoms with Crippen LogP contribution in [0.4, 0.5) is 0 Å². The molecule has 2 rings (SSSR count). The standard InChI is InChI=1S/C8H8O3/c1-8-3-2-4(9)5(8)6(8)7(10)11/h2-3,5-6H,1H3,(H,10,11)/t5-,6+,8+/m1/s1. The van der Waals surface area contributed by atoms with Crippen LogP contribution < -0.4 is 0 Å². The second-order valence-corrected chi connectivity index (χ2v) is 3.40. The first-order valence-corrected chi connectivity index (χ1v) is 3.53. The zero-order valence-electron chi connectivity index (χ0n) is 6.07. The highest BCUT2D eigenvalue weighted by Gasteiger charge is 2.69. The first-order valence-electron chi connectivity index (χ1n) is 3.53. The van der Waals surface area contributed by atoms with Crippen molar-refractivity contribution in [3.8, 4) is 0 Å². The van der Waals surface area contributed by atoms with Gasteiger partial charge in [0.2, 0.25) is 0 Å². The summed E-state index contributed by atoms with van der Waals surface area (Å²) >= 11 is 0. The number of aliphatic carboxylic acids is 1. The smallest absolute Gasteiger partial charge is 0.308 e. The SMILES string of the molecule is C[C@]12C=CC(=O)[C@@H]1[C@H]2C(=O)O. The molecule has 0 aromatic rings. The Labute approximate surface area is 63.7 Å². The molecule has 0 saturated heterocycles. The molecule has 1 N–H and O–H groups in total. The lowest BCUT2D eigenvalue weighted by molar-refractivity contribution is -0.140. The first kappa shape index (κ1) is 6.58. The van der Waals surface area contributed by atoms with Gasteiger partial charge in [0.1, 0.15) is 0 Å². The molecule has 1 fully saturated rings. The highest BCUT2D eigenvalue weighted by Crippen LogP contribution is 2.63. The van der Waals surface area contributed by atoms with E-state index in [1.54, 1.807) is 6.08 Å². The third-order valence-corrected chi connectivity index (χ3v) is 2.74. The van der Waals surface area contributed by atoms with Crippen molar-refractivity contribution < 1.29 is 14.7 Å². The lowest BCUT2D eigenvalue weighted by Gasteiger charge is -1.96. The first-order chi connectivity index (χ1) is 5.07. The van der Waals surface area contributed by atoms with Crippen LogP contribution in [0.15, 0.2) is 12.2 Å². The average Bonchev–Trinajstić information content (AvgIpc) is 2.43. The molecule has 3 atom stereocenters. The van der Waals surface area contributed by atoms with Crippen molar-refractivity contribution in [3.63, 3.8) is 0 Å². The summed E-state index contributed by atoms with van der Waals surface area (Å²) in [6.07, 6.45) is 3.21. The topological polar surface area (TPSA) is 54.4 Å². The maximum absolute atomic E-state index is 11.0. The summed E-state index contributed by atoms with van der Waals surface area (Å²) in [5, 5.41) is 8.66. The van der Waals surface area contributed by atoms with Crippen molar-refractivity contribution in [2.45, 2.75) is 6.92 Å². The van der Waals surface area contributed by atoms with E-state index in [-0.39, 0.29) is 17.1 Å². The third kappa shape index (κ3) is 0.582. The molecule has 0 aliphatic heterocycles. The number of carbonyl (C=O) groups excluding carboxylic acids is 1. The summed E-state index contributed by atoms with van der Waals surface area (Å²) in [5.41, 5.74) is -0.358. The van der Waals surface area contributed by atoms with Gasteiger partial charge in [-0.05, 0) is 6.08 Å². The minimum absolute atomic E-state index is 0.0279. The fourth-order valence-corrected chi connectivity index (χ4v) is 1.98. The van der Waals surface area contributed by atoms with E-state index in [0.29, 0.717) is 0 Å². The summed E-state index contributed by atoms with van der Waals surface area (Å²) in [6.45, 7) is 1.82. The van der Waals surface area contributed by atoms with Crippen LogP contribution in [0, 0.1) is 17.3 Å². The number of carboxylic acids is 1. The minimum atomic E-state index is -0.852. The summed E-state index contributed by atoms with van der Waals surface area (Å²) in [4.78, 5) is 21.5. The third-order valence-electron chi connectivity index (χ3n) is 2.74. The molecule has 2 aliphatic rings. The molecule has 0 radical (unpaired) electrons. The van der Waals surface area contributed by atoms with Crippen molar-refractivity contribution in [2.24, 2.45) is 17.3 Å². The van der Waals surface area contributed by atoms with Crippen LogP contribution in [0.25, 0.3) is 0 Å². The Kier molecular flexibility index (Phi) is 0.926. The molecular weight excluding hydrogens is 144 g/mol. The fraction of sp³-hybridized carbons (Fsp3) is 0.500. The van der Waals surface area contributed by atoms with Crippen LogP contribution in [0.1, 0.15) is 6.92 Å². The normalized spacial score (nSPS) is 45.7. The van der Waals surface area contributed by atoms with Crippen molar-refractivity contribution in [1.29, 1.82) is 0 Å². The maximum Gasteiger partial charge on any atom is 0.308 e. The number of rotatable bonds is 1. The maximum atomic E-state index is 11.0. The monoisotopic (exact) mass is 152 g/mol. The van der Waals surface area contributed by atoms with Crippen molar-refractivity contribution in [2.75, 3.05) is 0 Å². The number of allylic oxidation sites excluding steroid dienone is 2. The van der Waals surface area contributed by atoms with Gasteiger partial charge in [0, 0.05) is 11.3 Å². The Bertz CT molecular complexity index is 279. The van der Waals surface area contributed by atoms with Gasteiger partial charge in [-0.1, -0.05) is 13.0 Å². The van der Waals surface area contributed by atoms with Gasteiger partial charge in [-0.2, -0.15) is 0 Å². The van der Waals surface area contributed by atoms with Gasteiger partial charge in [0.25, 0.3) is 0 Å². The second kappa shape index (κ2) is 1.55. The molecule has 1 saturated carbocycles. The van der Waals surface area contributed by atoms with Crippen LogP contribution in [-0.2, 0) is 9.59 Å². The number of fused-ring (bicyclic) bond motifs is 1. The van der Waals surface area contributed by atoms with E-state index in [0.717, 1.165) is 0 Å². The van der Waals surface area contributed by atoms with E-state index in [1.807, 2.05) is 6.92 Å². The zero-order valence-corrected chi connectivity index (χ0v) is 6.07. The lowest BCUT2D eigenvalue weighted by atomic mass is 10.1. The molecule has 0 unspecified atom stereocenters. The molecule has 0 aromatic heterocycles. The minimum Gasteiger partial charge on any atom is -0.481 e. The molecule has 0 heterocycles. The van der Waals surface area contributed by atoms with Crippen LogP contribution in [-0.4, -0.2) is 16.9 Å². The number of ketones is 1. The molecule has 0 bridgehead atoms. The van der Waals surface area contributed by atoms with Crippen molar-refractivity contribution in [1.82, 2.24) is 0 Å². The Hall–Kier alpha value is -1.12. The average molecular weight is 152 g/mol. The van der Waals surface area contributed by atoms with E-state index in [2.05, 4.69) is 0 Å². The fourth-order valence-electron chi connectivity index (χ4n) is 1.98. The number of carboxylic acid groups (broad SMARTS) is 1. The van der Waals surface area contributed by atoms with Crippen molar-refractivity contribution in [3.05, 3.63) is 12.2 Å². The highest BCUT2D eigenvalue weighted by atomic mass is 16.4. The van der Waals surface area contributed by atoms with Crippen LogP contribution in [0.2, 0.25) is 0 Å². The summed E-state index contributed by atoms with van der Waals surface area (Å²) in [6, 6.07) is 0. The molecule has 11 heavy (non-hydrogen) atoms. The molecule has 0 spiro atoms. The van der Waals surface area contributed by atoms with Gasteiger partial charge >= 0.3 is 5.97 Å². The summed E-state index contributed by atoms with van der Waals surface area (Å²) in [5.74, 6) is -1.60. The highest BCUT2D eigenvalue weighted by molar-refractivity contribution is 6.03. The number of hydrogen-bond acceptors (Lipinski definition) is 2. The largest absolute Gasteiger partial charge is 0.481 e. The van der Waals surface area contributed by atoms with Crippen LogP contribution in [0.3, 0.4) is 0 Å². The Morgan fingerprint density at radius 3 is 2.64 bits per heavy atom. The summed E-state index contributed by atoms with van der Waals surface area (Å²) < 4.78 is 0. The summed E-state index contributed by atoms with van der Waals surface area (Å²) in [7, 11) is 0. The van der Waals surface area contributed by atoms with Gasteiger partial charge in [0.15, 0.2) is 5.78 Å². The van der Waals surface area contributed by atoms with Gasteiger partial charge in [-0.3, -0.25) is 9.59 Å². The van der Waals surface area contributed by atoms with Crippen LogP contribution >= 0.6 is 0 Å². The van der Waals surface area contributed by atoms with E-state index >= 15 is 0 Å². The van der Waals surface area contributed by atoms with E-state index in [4.69, 9.17) is 5.11 Å². The predicted octanol–water partition coefficient (Wildman–Crippen LogP) is 0.462. The molecule has 0 amide bonds.